The molecule has 0 atom stereocenters. The zero-order valence-electron chi connectivity index (χ0n) is 9.57. The number of nitriles is 2. The van der Waals surface area contributed by atoms with Crippen LogP contribution < -0.4 is 5.73 Å². The average Bonchev–Trinajstić information content (AvgIpc) is 2.38. The van der Waals surface area contributed by atoms with E-state index in [1.54, 1.807) is 0 Å². The summed E-state index contributed by atoms with van der Waals surface area (Å²) in [6.07, 6.45) is 0. The molecule has 0 unspecified atom stereocenters. The molecule has 1 heterocycles. The van der Waals surface area contributed by atoms with E-state index < -0.39 is 0 Å². The van der Waals surface area contributed by atoms with Gasteiger partial charge in [-0.2, -0.15) is 10.5 Å². The van der Waals surface area contributed by atoms with Crippen LogP contribution in [0.3, 0.4) is 0 Å². The summed E-state index contributed by atoms with van der Waals surface area (Å²) in [5.41, 5.74) is 7.58. The van der Waals surface area contributed by atoms with Gasteiger partial charge in [0.1, 0.15) is 28.2 Å². The third-order valence-corrected chi connectivity index (χ3v) is 3.86. The van der Waals surface area contributed by atoms with Gasteiger partial charge in [-0.15, -0.1) is 0 Å². The highest BCUT2D eigenvalue weighted by atomic mass is 127. The van der Waals surface area contributed by atoms with Crippen LogP contribution in [-0.2, 0) is 0 Å². The molecule has 0 radical (unpaired) electrons. The molecule has 0 saturated heterocycles. The third kappa shape index (κ3) is 2.33. The Labute approximate surface area is 128 Å². The van der Waals surface area contributed by atoms with E-state index in [1.807, 2.05) is 36.4 Å². The number of halogens is 1. The van der Waals surface area contributed by atoms with E-state index in [0.717, 1.165) is 9.13 Å². The maximum Gasteiger partial charge on any atom is 0.123 e. The summed E-state index contributed by atoms with van der Waals surface area (Å²) in [4.78, 5) is 2.68. The summed E-state index contributed by atoms with van der Waals surface area (Å²) in [6, 6.07) is 11.5. The van der Waals surface area contributed by atoms with Crippen LogP contribution in [0.1, 0.15) is 11.1 Å². The highest BCUT2D eigenvalue weighted by Crippen LogP contribution is 2.33. The van der Waals surface area contributed by atoms with Gasteiger partial charge in [0.2, 0.25) is 0 Å². The molecule has 0 spiro atoms. The van der Waals surface area contributed by atoms with Gasteiger partial charge in [0.25, 0.3) is 0 Å². The van der Waals surface area contributed by atoms with E-state index in [-0.39, 0.29) is 21.6 Å². The van der Waals surface area contributed by atoms with Crippen LogP contribution in [0.2, 0.25) is 0 Å². The molecular formula is C13H7IN4S. The van der Waals surface area contributed by atoms with Gasteiger partial charge in [-0.25, -0.2) is 0 Å². The first-order valence-corrected chi connectivity index (χ1v) is 6.69. The lowest BCUT2D eigenvalue weighted by atomic mass is 9.97. The van der Waals surface area contributed by atoms with Crippen molar-refractivity contribution in [3.8, 4) is 23.3 Å². The summed E-state index contributed by atoms with van der Waals surface area (Å²) >= 11 is 7.26. The standard InChI is InChI=1S/C13H7IN4S/c14-10-4-2-1-3-7(10)11-8(5-15)12(17)18-13(19)9(11)6-16/h1-4H,(H3,17,18,19). The molecule has 6 heteroatoms. The van der Waals surface area contributed by atoms with E-state index in [1.165, 1.54) is 0 Å². The smallest absolute Gasteiger partial charge is 0.123 e. The number of hydrogen-bond acceptors (Lipinski definition) is 4. The lowest BCUT2D eigenvalue weighted by molar-refractivity contribution is 1.26. The van der Waals surface area contributed by atoms with Crippen molar-refractivity contribution in [3.63, 3.8) is 0 Å². The molecule has 1 aromatic heterocycles. The van der Waals surface area contributed by atoms with E-state index in [2.05, 4.69) is 27.6 Å². The number of aromatic nitrogens is 1. The normalized spacial score (nSPS) is 9.63. The number of rotatable bonds is 1. The second-order valence-electron chi connectivity index (χ2n) is 3.70. The number of nitrogens with one attached hydrogen (secondary N) is 1. The topological polar surface area (TPSA) is 89.4 Å². The van der Waals surface area contributed by atoms with E-state index in [0.29, 0.717) is 5.56 Å². The van der Waals surface area contributed by atoms with Crippen molar-refractivity contribution in [1.82, 2.24) is 4.98 Å². The van der Waals surface area contributed by atoms with Gasteiger partial charge in [0, 0.05) is 9.13 Å². The fourth-order valence-corrected chi connectivity index (χ4v) is 2.69. The van der Waals surface area contributed by atoms with Gasteiger partial charge in [0.05, 0.1) is 5.56 Å². The predicted octanol–water partition coefficient (Wildman–Crippen LogP) is 3.34. The largest absolute Gasteiger partial charge is 0.384 e. The molecule has 19 heavy (non-hydrogen) atoms. The number of H-pyrrole nitrogens is 1. The van der Waals surface area contributed by atoms with Crippen molar-refractivity contribution in [2.75, 3.05) is 5.73 Å². The maximum atomic E-state index is 9.27. The second kappa shape index (κ2) is 5.39. The van der Waals surface area contributed by atoms with Crippen LogP contribution in [-0.4, -0.2) is 4.98 Å². The molecule has 0 aliphatic heterocycles. The SMILES string of the molecule is N#Cc1c(N)[nH]c(=S)c(C#N)c1-c1ccccc1I. The number of benzene rings is 1. The molecule has 0 bridgehead atoms. The quantitative estimate of drug-likeness (QED) is 0.588. The first kappa shape index (κ1) is 13.5. The highest BCUT2D eigenvalue weighted by molar-refractivity contribution is 14.1. The Morgan fingerprint density at radius 1 is 1.16 bits per heavy atom. The molecular weight excluding hydrogens is 371 g/mol. The average molecular weight is 378 g/mol. The summed E-state index contributed by atoms with van der Waals surface area (Å²) in [7, 11) is 0. The molecule has 0 aliphatic rings. The zero-order chi connectivity index (χ0) is 14.0. The number of hydrogen-bond donors (Lipinski definition) is 2. The van der Waals surface area contributed by atoms with E-state index >= 15 is 0 Å². The van der Waals surface area contributed by atoms with E-state index in [4.69, 9.17) is 18.0 Å². The number of nitrogens with zero attached hydrogens (tertiary/aromatic N) is 2. The molecule has 2 aromatic rings. The molecule has 0 aliphatic carbocycles. The van der Waals surface area contributed by atoms with Crippen LogP contribution in [0.25, 0.3) is 11.1 Å². The van der Waals surface area contributed by atoms with Crippen molar-refractivity contribution in [2.24, 2.45) is 0 Å². The fraction of sp³-hybridized carbons (Fsp3) is 0. The molecule has 92 valence electrons. The minimum Gasteiger partial charge on any atom is -0.384 e. The number of pyridine rings is 1. The van der Waals surface area contributed by atoms with Crippen LogP contribution in [0, 0.1) is 30.9 Å². The molecule has 2 rings (SSSR count). The Balaban J connectivity index is 2.99. The fourth-order valence-electron chi connectivity index (χ4n) is 1.78. The summed E-state index contributed by atoms with van der Waals surface area (Å²) in [5.74, 6) is 0.182. The molecule has 3 N–H and O–H groups in total. The number of nitrogen functional groups attached to an aromatic ring is 1. The Hall–Kier alpha value is -1.90. The molecule has 0 saturated carbocycles. The summed E-state index contributed by atoms with van der Waals surface area (Å²) < 4.78 is 1.17. The third-order valence-electron chi connectivity index (χ3n) is 2.61. The van der Waals surface area contributed by atoms with Crippen LogP contribution in [0.15, 0.2) is 24.3 Å². The van der Waals surface area contributed by atoms with Gasteiger partial charge in [-0.1, -0.05) is 30.4 Å². The number of nitrogens with two attached hydrogens (primary N) is 1. The lowest BCUT2D eigenvalue weighted by Crippen LogP contribution is -2.02. The van der Waals surface area contributed by atoms with Gasteiger partial charge in [0.15, 0.2) is 0 Å². The molecule has 0 amide bonds. The Bertz CT molecular complexity index is 796. The highest BCUT2D eigenvalue weighted by Gasteiger charge is 2.17. The van der Waals surface area contributed by atoms with Crippen LogP contribution in [0.4, 0.5) is 5.82 Å². The van der Waals surface area contributed by atoms with Crippen molar-refractivity contribution in [1.29, 1.82) is 10.5 Å². The summed E-state index contributed by atoms with van der Waals surface area (Å²) in [6.45, 7) is 0. The minimum absolute atomic E-state index is 0.182. The van der Waals surface area contributed by atoms with Crippen molar-refractivity contribution < 1.29 is 0 Å². The number of anilines is 1. The minimum atomic E-state index is 0.182. The second-order valence-corrected chi connectivity index (χ2v) is 5.27. The Morgan fingerprint density at radius 2 is 1.79 bits per heavy atom. The molecule has 4 nitrogen and oxygen atoms in total. The van der Waals surface area contributed by atoms with Gasteiger partial charge < -0.3 is 10.7 Å². The Kier molecular flexibility index (Phi) is 3.84. The van der Waals surface area contributed by atoms with Crippen molar-refractivity contribution >= 4 is 40.6 Å². The maximum absolute atomic E-state index is 9.27. The monoisotopic (exact) mass is 378 g/mol. The molecule has 0 fully saturated rings. The van der Waals surface area contributed by atoms with Crippen molar-refractivity contribution in [3.05, 3.63) is 43.6 Å². The Morgan fingerprint density at radius 3 is 2.37 bits per heavy atom. The van der Waals surface area contributed by atoms with Gasteiger partial charge in [-0.3, -0.25) is 0 Å². The lowest BCUT2D eigenvalue weighted by Gasteiger charge is -2.11. The summed E-state index contributed by atoms with van der Waals surface area (Å²) in [5, 5.41) is 18.5. The first-order chi connectivity index (χ1) is 9.10. The predicted molar refractivity (Wildman–Crippen MR) is 83.6 cm³/mol. The molecule has 1 aromatic carbocycles. The van der Waals surface area contributed by atoms with Gasteiger partial charge in [-0.05, 0) is 34.2 Å². The van der Waals surface area contributed by atoms with E-state index in [9.17, 15) is 10.5 Å². The van der Waals surface area contributed by atoms with Crippen LogP contribution >= 0.6 is 34.8 Å². The number of aromatic amines is 1. The van der Waals surface area contributed by atoms with Crippen LogP contribution in [0.5, 0.6) is 0 Å². The van der Waals surface area contributed by atoms with Gasteiger partial charge >= 0.3 is 0 Å². The van der Waals surface area contributed by atoms with Crippen molar-refractivity contribution in [2.45, 2.75) is 0 Å². The zero-order valence-corrected chi connectivity index (χ0v) is 12.5. The first-order valence-electron chi connectivity index (χ1n) is 5.21.